The van der Waals surface area contributed by atoms with Crippen molar-refractivity contribution >= 4 is 29.4 Å². The zero-order valence-electron chi connectivity index (χ0n) is 11.0. The number of carbonyl (C=O) groups is 4. The zero-order valence-corrected chi connectivity index (χ0v) is 11.0. The van der Waals surface area contributed by atoms with Crippen molar-refractivity contribution in [2.24, 2.45) is 5.92 Å². The third-order valence-electron chi connectivity index (χ3n) is 3.03. The molecule has 0 unspecified atom stereocenters. The molecule has 1 saturated heterocycles. The van der Waals surface area contributed by atoms with Crippen LogP contribution in [-0.2, 0) is 14.4 Å². The first-order valence-corrected chi connectivity index (χ1v) is 5.88. The van der Waals surface area contributed by atoms with Gasteiger partial charge in [0.2, 0.25) is 5.91 Å². The second-order valence-electron chi connectivity index (χ2n) is 4.37. The largest absolute Gasteiger partial charge is 0.332 e. The van der Waals surface area contributed by atoms with E-state index < -0.39 is 29.7 Å². The van der Waals surface area contributed by atoms with Gasteiger partial charge in [-0.3, -0.25) is 24.2 Å². The van der Waals surface area contributed by atoms with Gasteiger partial charge in [0.25, 0.3) is 11.8 Å². The lowest BCUT2D eigenvalue weighted by atomic mass is 10.0. The van der Waals surface area contributed by atoms with Gasteiger partial charge < -0.3 is 5.32 Å². The molecule has 0 bridgehead atoms. The van der Waals surface area contributed by atoms with Crippen LogP contribution in [0.4, 0.5) is 10.5 Å². The highest BCUT2D eigenvalue weighted by molar-refractivity contribution is 6.27. The van der Waals surface area contributed by atoms with Gasteiger partial charge in [-0.15, -0.1) is 0 Å². The predicted molar refractivity (Wildman–Crippen MR) is 69.5 cm³/mol. The molecule has 5 amide bonds. The summed E-state index contributed by atoms with van der Waals surface area (Å²) >= 11 is 0. The van der Waals surface area contributed by atoms with Gasteiger partial charge in [0.05, 0.1) is 0 Å². The van der Waals surface area contributed by atoms with Gasteiger partial charge in [0.15, 0.2) is 5.92 Å². The van der Waals surface area contributed by atoms with Crippen LogP contribution in [0.15, 0.2) is 30.3 Å². The van der Waals surface area contributed by atoms with Crippen LogP contribution >= 0.6 is 0 Å². The molecule has 0 aromatic heterocycles. The number of anilines is 1. The van der Waals surface area contributed by atoms with Gasteiger partial charge in [-0.05, 0) is 12.1 Å². The molecule has 2 rings (SSSR count). The van der Waals surface area contributed by atoms with Gasteiger partial charge in [0.1, 0.15) is 0 Å². The van der Waals surface area contributed by atoms with Gasteiger partial charge in [-0.1, -0.05) is 18.2 Å². The number of carbonyl (C=O) groups excluding carboxylic acids is 4. The van der Waals surface area contributed by atoms with Crippen LogP contribution in [0.2, 0.25) is 0 Å². The summed E-state index contributed by atoms with van der Waals surface area (Å²) in [6.07, 6.45) is 0. The van der Waals surface area contributed by atoms with E-state index in [-0.39, 0.29) is 0 Å². The van der Waals surface area contributed by atoms with Crippen LogP contribution in [-0.4, -0.2) is 47.6 Å². The maximum atomic E-state index is 12.1. The SMILES string of the molecule is CN1C(=O)C(C(=O)Nc2ccccc2)C(=O)N(C)C1=O. The Labute approximate surface area is 115 Å². The predicted octanol–water partition coefficient (Wildman–Crippen LogP) is 0.292. The second kappa shape index (κ2) is 5.12. The van der Waals surface area contributed by atoms with E-state index in [4.69, 9.17) is 0 Å². The maximum Gasteiger partial charge on any atom is 0.332 e. The summed E-state index contributed by atoms with van der Waals surface area (Å²) in [5.74, 6) is -3.95. The number of nitrogens with one attached hydrogen (secondary N) is 1. The Morgan fingerprint density at radius 1 is 1.00 bits per heavy atom. The number of nitrogens with zero attached hydrogens (tertiary/aromatic N) is 2. The maximum absolute atomic E-state index is 12.1. The van der Waals surface area contributed by atoms with E-state index in [2.05, 4.69) is 5.32 Å². The molecule has 1 heterocycles. The normalized spacial score (nSPS) is 16.6. The Morgan fingerprint density at radius 3 is 2.00 bits per heavy atom. The number of imide groups is 2. The van der Waals surface area contributed by atoms with Gasteiger partial charge in [-0.2, -0.15) is 0 Å². The van der Waals surface area contributed by atoms with Crippen LogP contribution in [0.3, 0.4) is 0 Å². The van der Waals surface area contributed by atoms with E-state index in [1.807, 2.05) is 0 Å². The molecule has 0 radical (unpaired) electrons. The molecule has 7 heteroatoms. The van der Waals surface area contributed by atoms with Gasteiger partial charge in [0, 0.05) is 19.8 Å². The van der Waals surface area contributed by atoms with Crippen molar-refractivity contribution in [1.29, 1.82) is 0 Å². The first-order chi connectivity index (χ1) is 9.43. The Bertz CT molecular complexity index is 561. The Kier molecular flexibility index (Phi) is 3.51. The monoisotopic (exact) mass is 275 g/mol. The fraction of sp³-hybridized carbons (Fsp3) is 0.231. The van der Waals surface area contributed by atoms with Crippen molar-refractivity contribution in [3.05, 3.63) is 30.3 Å². The Morgan fingerprint density at radius 2 is 1.50 bits per heavy atom. The molecule has 104 valence electrons. The van der Waals surface area contributed by atoms with Crippen LogP contribution < -0.4 is 5.32 Å². The molecule has 20 heavy (non-hydrogen) atoms. The van der Waals surface area contributed by atoms with Gasteiger partial charge >= 0.3 is 6.03 Å². The minimum Gasteiger partial charge on any atom is -0.325 e. The van der Waals surface area contributed by atoms with E-state index in [0.717, 1.165) is 9.80 Å². The average molecular weight is 275 g/mol. The number of benzene rings is 1. The summed E-state index contributed by atoms with van der Waals surface area (Å²) in [6, 6.07) is 7.71. The minimum absolute atomic E-state index is 0.473. The summed E-state index contributed by atoms with van der Waals surface area (Å²) in [4.78, 5) is 49.0. The van der Waals surface area contributed by atoms with Crippen molar-refractivity contribution in [2.45, 2.75) is 0 Å². The van der Waals surface area contributed by atoms with Gasteiger partial charge in [-0.25, -0.2) is 4.79 Å². The molecule has 1 aliphatic heterocycles. The molecule has 1 aromatic carbocycles. The van der Waals surface area contributed by atoms with Crippen LogP contribution in [0.5, 0.6) is 0 Å². The minimum atomic E-state index is -1.54. The van der Waals surface area contributed by atoms with Crippen molar-refractivity contribution in [2.75, 3.05) is 19.4 Å². The van der Waals surface area contributed by atoms with Crippen molar-refractivity contribution in [1.82, 2.24) is 9.80 Å². The fourth-order valence-electron chi connectivity index (χ4n) is 1.87. The number of para-hydroxylation sites is 1. The average Bonchev–Trinajstić information content (AvgIpc) is 2.44. The number of hydrogen-bond acceptors (Lipinski definition) is 4. The molecule has 1 N–H and O–H groups in total. The number of rotatable bonds is 2. The molecule has 0 atom stereocenters. The summed E-state index contributed by atoms with van der Waals surface area (Å²) in [7, 11) is 2.47. The van der Waals surface area contributed by atoms with E-state index in [9.17, 15) is 19.2 Å². The fourth-order valence-corrected chi connectivity index (χ4v) is 1.87. The standard InChI is InChI=1S/C13H13N3O4/c1-15-11(18)9(12(19)16(2)13(15)20)10(17)14-8-6-4-3-5-7-8/h3-7,9H,1-2H3,(H,14,17). The highest BCUT2D eigenvalue weighted by Crippen LogP contribution is 2.17. The lowest BCUT2D eigenvalue weighted by Gasteiger charge is -2.31. The molecule has 1 fully saturated rings. The number of amides is 5. The Balaban J connectivity index is 2.22. The zero-order chi connectivity index (χ0) is 14.9. The molecule has 0 aliphatic carbocycles. The summed E-state index contributed by atoms with van der Waals surface area (Å²) < 4.78 is 0. The van der Waals surface area contributed by atoms with Crippen molar-refractivity contribution < 1.29 is 19.2 Å². The van der Waals surface area contributed by atoms with Crippen LogP contribution in [0, 0.1) is 5.92 Å². The van der Waals surface area contributed by atoms with E-state index >= 15 is 0 Å². The van der Waals surface area contributed by atoms with Crippen LogP contribution in [0.25, 0.3) is 0 Å². The highest BCUT2D eigenvalue weighted by Gasteiger charge is 2.46. The van der Waals surface area contributed by atoms with E-state index in [0.29, 0.717) is 5.69 Å². The third kappa shape index (κ3) is 2.25. The topological polar surface area (TPSA) is 86.8 Å². The first kappa shape index (κ1) is 13.7. The molecular formula is C13H13N3O4. The molecule has 0 saturated carbocycles. The molecule has 1 aromatic rings. The number of hydrogen-bond donors (Lipinski definition) is 1. The molecule has 1 aliphatic rings. The van der Waals surface area contributed by atoms with E-state index in [1.165, 1.54) is 14.1 Å². The van der Waals surface area contributed by atoms with Crippen molar-refractivity contribution in [3.63, 3.8) is 0 Å². The second-order valence-corrected chi connectivity index (χ2v) is 4.37. The number of barbiturate groups is 1. The van der Waals surface area contributed by atoms with Crippen molar-refractivity contribution in [3.8, 4) is 0 Å². The smallest absolute Gasteiger partial charge is 0.325 e. The summed E-state index contributed by atoms with van der Waals surface area (Å²) in [5.41, 5.74) is 0.473. The summed E-state index contributed by atoms with van der Waals surface area (Å²) in [6.45, 7) is 0. The lowest BCUT2D eigenvalue weighted by molar-refractivity contribution is -0.151. The van der Waals surface area contributed by atoms with Crippen LogP contribution in [0.1, 0.15) is 0 Å². The lowest BCUT2D eigenvalue weighted by Crippen LogP contribution is -2.59. The third-order valence-corrected chi connectivity index (χ3v) is 3.03. The van der Waals surface area contributed by atoms with E-state index in [1.54, 1.807) is 30.3 Å². The molecular weight excluding hydrogens is 262 g/mol. The summed E-state index contributed by atoms with van der Waals surface area (Å²) in [5, 5.41) is 2.48. The number of urea groups is 1. The first-order valence-electron chi connectivity index (χ1n) is 5.88. The molecule has 0 spiro atoms. The quantitative estimate of drug-likeness (QED) is 0.786. The Hall–Kier alpha value is -2.70. The highest BCUT2D eigenvalue weighted by atomic mass is 16.2. The molecule has 7 nitrogen and oxygen atoms in total.